The number of aliphatic hydroxyl groups is 1. The summed E-state index contributed by atoms with van der Waals surface area (Å²) in [4.78, 5) is 38.4. The predicted molar refractivity (Wildman–Crippen MR) is 137 cm³/mol. The van der Waals surface area contributed by atoms with Crippen molar-refractivity contribution in [3.8, 4) is 51.7 Å². The van der Waals surface area contributed by atoms with Gasteiger partial charge >= 0.3 is 17.9 Å². The van der Waals surface area contributed by atoms with Crippen molar-refractivity contribution in [1.82, 2.24) is 0 Å². The second-order valence-electron chi connectivity index (χ2n) is 9.47. The molecule has 1 aliphatic carbocycles. The molecule has 0 amide bonds. The summed E-state index contributed by atoms with van der Waals surface area (Å²) in [6.45, 7) is 0. The van der Waals surface area contributed by atoms with Crippen LogP contribution in [0.3, 0.4) is 0 Å². The molecule has 3 aromatic rings. The van der Waals surface area contributed by atoms with Gasteiger partial charge in [-0.25, -0.2) is 14.4 Å². The first-order chi connectivity index (χ1) is 20.2. The van der Waals surface area contributed by atoms with Crippen LogP contribution in [0.4, 0.5) is 0 Å². The zero-order valence-corrected chi connectivity index (χ0v) is 21.6. The Morgan fingerprint density at radius 1 is 0.512 bits per heavy atom. The molecule has 3 aromatic carbocycles. The Labute approximate surface area is 240 Å². The number of phenolic OH excluding ortho intramolecular Hbond substituents is 9. The van der Waals surface area contributed by atoms with Crippen LogP contribution in [-0.2, 0) is 14.2 Å². The van der Waals surface area contributed by atoms with Gasteiger partial charge in [0.2, 0.25) is 0 Å². The van der Waals surface area contributed by atoms with Crippen molar-refractivity contribution in [3.05, 3.63) is 53.1 Å². The second kappa shape index (κ2) is 11.6. The summed E-state index contributed by atoms with van der Waals surface area (Å²) < 4.78 is 16.0. The smallest absolute Gasteiger partial charge is 0.338 e. The highest BCUT2D eigenvalue weighted by Crippen LogP contribution is 2.39. The summed E-state index contributed by atoms with van der Waals surface area (Å²) in [5.41, 5.74) is -1.35. The fourth-order valence-electron chi connectivity index (χ4n) is 4.29. The average Bonchev–Trinajstić information content (AvgIpc) is 2.94. The largest absolute Gasteiger partial charge is 0.504 e. The van der Waals surface area contributed by atoms with Gasteiger partial charge in [0.25, 0.3) is 0 Å². The first kappa shape index (κ1) is 30.2. The van der Waals surface area contributed by atoms with E-state index in [0.717, 1.165) is 36.4 Å². The summed E-state index contributed by atoms with van der Waals surface area (Å²) in [7, 11) is 0. The molecule has 0 spiro atoms. The molecule has 0 radical (unpaired) electrons. The van der Waals surface area contributed by atoms with E-state index in [1.807, 2.05) is 0 Å². The zero-order chi connectivity index (χ0) is 31.7. The number of rotatable bonds is 6. The highest BCUT2D eigenvalue weighted by atomic mass is 16.6. The topological polar surface area (TPSA) is 281 Å². The number of hydrogen-bond donors (Lipinski definition) is 10. The van der Waals surface area contributed by atoms with Crippen molar-refractivity contribution in [2.24, 2.45) is 0 Å². The van der Waals surface area contributed by atoms with Crippen LogP contribution in [0.15, 0.2) is 36.4 Å². The van der Waals surface area contributed by atoms with Crippen molar-refractivity contribution >= 4 is 17.9 Å². The highest BCUT2D eigenvalue weighted by molar-refractivity contribution is 5.93. The Hall–Kier alpha value is -5.77. The lowest BCUT2D eigenvalue weighted by Gasteiger charge is -2.38. The fraction of sp³-hybridized carbons (Fsp3) is 0.222. The number of aromatic hydroxyl groups is 9. The van der Waals surface area contributed by atoms with Crippen LogP contribution in [0.2, 0.25) is 0 Å². The van der Waals surface area contributed by atoms with Crippen LogP contribution < -0.4 is 0 Å². The first-order valence-corrected chi connectivity index (χ1v) is 12.2. The van der Waals surface area contributed by atoms with E-state index < -0.39 is 124 Å². The zero-order valence-electron chi connectivity index (χ0n) is 21.6. The van der Waals surface area contributed by atoms with E-state index in [-0.39, 0.29) is 0 Å². The van der Waals surface area contributed by atoms with Gasteiger partial charge in [0.05, 0.1) is 22.8 Å². The lowest BCUT2D eigenvalue weighted by Crippen LogP contribution is -2.51. The van der Waals surface area contributed by atoms with E-state index in [9.17, 15) is 65.4 Å². The molecule has 0 aliphatic heterocycles. The van der Waals surface area contributed by atoms with Crippen LogP contribution in [-0.4, -0.2) is 93.4 Å². The van der Waals surface area contributed by atoms with Crippen LogP contribution in [0.1, 0.15) is 43.9 Å². The Bertz CT molecular complexity index is 1530. The van der Waals surface area contributed by atoms with Crippen molar-refractivity contribution in [2.45, 2.75) is 37.3 Å². The maximum absolute atomic E-state index is 12.9. The van der Waals surface area contributed by atoms with E-state index in [0.29, 0.717) is 0 Å². The molecule has 16 heteroatoms. The molecule has 1 saturated carbocycles. The summed E-state index contributed by atoms with van der Waals surface area (Å²) >= 11 is 0. The Balaban J connectivity index is 1.60. The third kappa shape index (κ3) is 6.28. The van der Waals surface area contributed by atoms with Gasteiger partial charge in [0.15, 0.2) is 57.8 Å². The summed E-state index contributed by atoms with van der Waals surface area (Å²) in [6, 6.07) is 4.60. The Morgan fingerprint density at radius 2 is 0.837 bits per heavy atom. The molecule has 0 aromatic heterocycles. The van der Waals surface area contributed by atoms with E-state index in [4.69, 9.17) is 14.2 Å². The first-order valence-electron chi connectivity index (χ1n) is 12.2. The molecule has 10 N–H and O–H groups in total. The van der Waals surface area contributed by atoms with Crippen molar-refractivity contribution in [1.29, 1.82) is 0 Å². The molecular formula is C27H24O16. The van der Waals surface area contributed by atoms with Crippen LogP contribution in [0, 0.1) is 0 Å². The Kier molecular flexibility index (Phi) is 8.15. The van der Waals surface area contributed by atoms with Gasteiger partial charge in [-0.1, -0.05) is 0 Å². The predicted octanol–water partition coefficient (Wildman–Crippen LogP) is 1.17. The van der Waals surface area contributed by atoms with Crippen LogP contribution >= 0.6 is 0 Å². The van der Waals surface area contributed by atoms with Crippen molar-refractivity contribution in [3.63, 3.8) is 0 Å². The molecule has 4 unspecified atom stereocenters. The molecule has 1 fully saturated rings. The van der Waals surface area contributed by atoms with Gasteiger partial charge in [0.1, 0.15) is 12.2 Å². The molecular weight excluding hydrogens is 580 g/mol. The molecule has 4 atom stereocenters. The minimum atomic E-state index is -1.68. The summed E-state index contributed by atoms with van der Waals surface area (Å²) in [5.74, 6) is -11.5. The molecule has 1 aliphatic rings. The summed E-state index contributed by atoms with van der Waals surface area (Å²) in [6.07, 6.45) is -7.00. The van der Waals surface area contributed by atoms with Gasteiger partial charge in [-0.2, -0.15) is 0 Å². The monoisotopic (exact) mass is 604 g/mol. The lowest BCUT2D eigenvalue weighted by molar-refractivity contribution is -0.128. The molecule has 43 heavy (non-hydrogen) atoms. The number of phenols is 9. The van der Waals surface area contributed by atoms with Gasteiger partial charge in [-0.15, -0.1) is 0 Å². The SMILES string of the molecule is O=C(OC1CC(O)C(OC(=O)c2cc(O)c(O)c(O)c2)C(OC(=O)c2cc(O)c(O)c(O)c2)C1)c1cc(O)c(O)c(O)c1. The second-order valence-corrected chi connectivity index (χ2v) is 9.47. The van der Waals surface area contributed by atoms with Crippen LogP contribution in [0.25, 0.3) is 0 Å². The van der Waals surface area contributed by atoms with Crippen LogP contribution in [0.5, 0.6) is 51.7 Å². The van der Waals surface area contributed by atoms with Gasteiger partial charge in [0, 0.05) is 12.8 Å². The third-order valence-corrected chi connectivity index (χ3v) is 6.44. The fourth-order valence-corrected chi connectivity index (χ4v) is 4.29. The van der Waals surface area contributed by atoms with E-state index in [1.54, 1.807) is 0 Å². The molecule has 228 valence electrons. The molecule has 0 bridgehead atoms. The number of carbonyl (C=O) groups excluding carboxylic acids is 3. The molecule has 16 nitrogen and oxygen atoms in total. The van der Waals surface area contributed by atoms with Gasteiger partial charge < -0.3 is 65.3 Å². The number of benzene rings is 3. The number of ether oxygens (including phenoxy) is 3. The average molecular weight is 604 g/mol. The lowest BCUT2D eigenvalue weighted by atomic mass is 9.89. The number of esters is 3. The molecule has 0 saturated heterocycles. The third-order valence-electron chi connectivity index (χ3n) is 6.44. The number of hydrogen-bond acceptors (Lipinski definition) is 16. The molecule has 0 heterocycles. The van der Waals surface area contributed by atoms with E-state index in [2.05, 4.69) is 0 Å². The minimum absolute atomic E-state index is 0.397. The van der Waals surface area contributed by atoms with Crippen molar-refractivity contribution in [2.75, 3.05) is 0 Å². The standard InChI is InChI=1S/C27H24O16/c28-13-1-9(2-14(29)21(13)35)25(38)41-12-7-19(34)24(43-27(40)11-5-17(32)23(37)18(33)6-11)20(8-12)42-26(39)10-3-15(30)22(36)16(31)4-10/h1-6,12,19-20,24,28-37H,7-8H2. The minimum Gasteiger partial charge on any atom is -0.504 e. The number of carbonyl (C=O) groups is 3. The van der Waals surface area contributed by atoms with Gasteiger partial charge in [-0.3, -0.25) is 0 Å². The maximum Gasteiger partial charge on any atom is 0.338 e. The Morgan fingerprint density at radius 3 is 1.21 bits per heavy atom. The maximum atomic E-state index is 12.9. The quantitative estimate of drug-likeness (QED) is 0.107. The van der Waals surface area contributed by atoms with E-state index >= 15 is 0 Å². The molecule has 4 rings (SSSR count). The summed E-state index contributed by atoms with van der Waals surface area (Å²) in [5, 5.41) is 97.7. The van der Waals surface area contributed by atoms with Crippen molar-refractivity contribution < 1.29 is 79.7 Å². The van der Waals surface area contributed by atoms with Gasteiger partial charge in [-0.05, 0) is 36.4 Å². The highest BCUT2D eigenvalue weighted by Gasteiger charge is 2.44. The normalized spacial score (nSPS) is 19.7. The van der Waals surface area contributed by atoms with E-state index in [1.165, 1.54) is 0 Å². The number of aliphatic hydroxyl groups excluding tert-OH is 1.